The second-order valence-electron chi connectivity index (χ2n) is 5.39. The van der Waals surface area contributed by atoms with Crippen molar-refractivity contribution in [1.82, 2.24) is 0 Å². The molecule has 2 nitrogen and oxygen atoms in total. The molecular formula is C13H19F7O2S. The van der Waals surface area contributed by atoms with Crippen molar-refractivity contribution in [3.63, 3.8) is 0 Å². The van der Waals surface area contributed by atoms with E-state index in [-0.39, 0.29) is 11.7 Å². The minimum atomic E-state index is -6.31. The molecule has 23 heavy (non-hydrogen) atoms. The maximum atomic E-state index is 13.1. The van der Waals surface area contributed by atoms with E-state index in [1.165, 1.54) is 0 Å². The Bertz CT molecular complexity index is 383. The summed E-state index contributed by atoms with van der Waals surface area (Å²) in [5.74, 6) is -11.9. The van der Waals surface area contributed by atoms with Gasteiger partial charge in [0.15, 0.2) is 0 Å². The van der Waals surface area contributed by atoms with Gasteiger partial charge >= 0.3 is 24.0 Å². The van der Waals surface area contributed by atoms with Gasteiger partial charge < -0.3 is 4.74 Å². The quantitative estimate of drug-likeness (QED) is 0.326. The van der Waals surface area contributed by atoms with Crippen molar-refractivity contribution < 1.29 is 40.3 Å². The summed E-state index contributed by atoms with van der Waals surface area (Å²) in [6, 6.07) is 0. The summed E-state index contributed by atoms with van der Waals surface area (Å²) in [4.78, 5) is 11.5. The summed E-state index contributed by atoms with van der Waals surface area (Å²) >= 11 is 0.907. The lowest BCUT2D eigenvalue weighted by molar-refractivity contribution is -0.355. The molecule has 0 rings (SSSR count). The SMILES string of the molecule is COC(=O)C(CC(C)C)SCCCC(F)(F)C(F)(F)C(F)(F)F. The minimum absolute atomic E-state index is 0.0996. The fourth-order valence-corrected chi connectivity index (χ4v) is 3.02. The summed E-state index contributed by atoms with van der Waals surface area (Å²) < 4.78 is 92.0. The van der Waals surface area contributed by atoms with Gasteiger partial charge in [0.1, 0.15) is 5.25 Å². The van der Waals surface area contributed by atoms with Gasteiger partial charge in [0, 0.05) is 6.42 Å². The van der Waals surface area contributed by atoms with Crippen LogP contribution in [0.15, 0.2) is 0 Å². The second kappa shape index (κ2) is 8.43. The van der Waals surface area contributed by atoms with E-state index in [4.69, 9.17) is 0 Å². The van der Waals surface area contributed by atoms with E-state index in [1.54, 1.807) is 0 Å². The van der Waals surface area contributed by atoms with Gasteiger partial charge in [0.2, 0.25) is 0 Å². The lowest BCUT2D eigenvalue weighted by Gasteiger charge is -2.28. The van der Waals surface area contributed by atoms with Crippen LogP contribution in [0, 0.1) is 5.92 Å². The predicted octanol–water partition coefficient (Wildman–Crippen LogP) is 4.92. The Labute approximate surface area is 134 Å². The summed E-state index contributed by atoms with van der Waals surface area (Å²) in [7, 11) is 1.15. The molecule has 0 aromatic heterocycles. The highest BCUT2D eigenvalue weighted by atomic mass is 32.2. The van der Waals surface area contributed by atoms with E-state index in [2.05, 4.69) is 4.74 Å². The molecule has 138 valence electrons. The highest BCUT2D eigenvalue weighted by molar-refractivity contribution is 8.00. The number of hydrogen-bond acceptors (Lipinski definition) is 3. The topological polar surface area (TPSA) is 26.3 Å². The van der Waals surface area contributed by atoms with Crippen LogP contribution in [0.4, 0.5) is 30.7 Å². The van der Waals surface area contributed by atoms with Gasteiger partial charge in [0.05, 0.1) is 7.11 Å². The van der Waals surface area contributed by atoms with E-state index >= 15 is 0 Å². The molecule has 0 aliphatic rings. The number of ether oxygens (including phenoxy) is 1. The minimum Gasteiger partial charge on any atom is -0.468 e. The Morgan fingerprint density at radius 2 is 1.61 bits per heavy atom. The van der Waals surface area contributed by atoms with Crippen LogP contribution < -0.4 is 0 Å². The summed E-state index contributed by atoms with van der Waals surface area (Å²) in [5.41, 5.74) is 0. The van der Waals surface area contributed by atoms with Gasteiger partial charge in [0.25, 0.3) is 0 Å². The monoisotopic (exact) mass is 372 g/mol. The number of rotatable bonds is 9. The van der Waals surface area contributed by atoms with Crippen LogP contribution in [0.5, 0.6) is 0 Å². The smallest absolute Gasteiger partial charge is 0.459 e. The van der Waals surface area contributed by atoms with Crippen LogP contribution in [0.2, 0.25) is 0 Å². The second-order valence-corrected chi connectivity index (χ2v) is 6.70. The molecular weight excluding hydrogens is 353 g/mol. The van der Waals surface area contributed by atoms with Crippen molar-refractivity contribution in [3.05, 3.63) is 0 Å². The molecule has 10 heteroatoms. The van der Waals surface area contributed by atoms with Crippen LogP contribution in [0.3, 0.4) is 0 Å². The van der Waals surface area contributed by atoms with Gasteiger partial charge in [-0.15, -0.1) is 11.8 Å². The molecule has 0 saturated heterocycles. The highest BCUT2D eigenvalue weighted by Crippen LogP contribution is 2.48. The van der Waals surface area contributed by atoms with E-state index in [9.17, 15) is 35.5 Å². The number of halogens is 7. The van der Waals surface area contributed by atoms with Gasteiger partial charge in [-0.1, -0.05) is 13.8 Å². The van der Waals surface area contributed by atoms with Crippen LogP contribution in [0.25, 0.3) is 0 Å². The Morgan fingerprint density at radius 3 is 2.00 bits per heavy atom. The van der Waals surface area contributed by atoms with Gasteiger partial charge in [-0.25, -0.2) is 0 Å². The van der Waals surface area contributed by atoms with Crippen molar-refractivity contribution in [2.45, 2.75) is 56.4 Å². The molecule has 0 radical (unpaired) electrons. The molecule has 0 saturated carbocycles. The van der Waals surface area contributed by atoms with E-state index < -0.39 is 42.1 Å². The maximum absolute atomic E-state index is 13.1. The summed E-state index contributed by atoms with van der Waals surface area (Å²) in [6.45, 7) is 3.63. The highest BCUT2D eigenvalue weighted by Gasteiger charge is 2.72. The summed E-state index contributed by atoms with van der Waals surface area (Å²) in [6.07, 6.45) is -8.14. The first-order chi connectivity index (χ1) is 10.3. The number of alkyl halides is 7. The molecule has 0 amide bonds. The van der Waals surface area contributed by atoms with Crippen molar-refractivity contribution in [3.8, 4) is 0 Å². The standard InChI is InChI=1S/C13H19F7O2S/c1-8(2)7-9(10(21)22-3)23-6-4-5-11(14,15)12(16,17)13(18,19)20/h8-9H,4-7H2,1-3H3. The molecule has 0 aliphatic carbocycles. The number of hydrogen-bond donors (Lipinski definition) is 0. The number of carbonyl (C=O) groups is 1. The largest absolute Gasteiger partial charge is 0.468 e. The maximum Gasteiger partial charge on any atom is 0.459 e. The van der Waals surface area contributed by atoms with Crippen molar-refractivity contribution in [1.29, 1.82) is 0 Å². The van der Waals surface area contributed by atoms with Crippen LogP contribution >= 0.6 is 11.8 Å². The lowest BCUT2D eigenvalue weighted by Crippen LogP contribution is -2.51. The first-order valence-electron chi connectivity index (χ1n) is 6.78. The van der Waals surface area contributed by atoms with E-state index in [1.807, 2.05) is 13.8 Å². The first-order valence-corrected chi connectivity index (χ1v) is 7.83. The number of thioether (sulfide) groups is 1. The molecule has 0 aromatic rings. The molecule has 0 bridgehead atoms. The molecule has 0 spiro atoms. The normalized spacial score (nSPS) is 14.9. The Morgan fingerprint density at radius 1 is 1.09 bits per heavy atom. The molecule has 1 atom stereocenters. The molecule has 0 heterocycles. The third-order valence-electron chi connectivity index (χ3n) is 2.92. The molecule has 0 aliphatic heterocycles. The molecule has 0 N–H and O–H groups in total. The van der Waals surface area contributed by atoms with Gasteiger partial charge in [-0.3, -0.25) is 4.79 Å². The third kappa shape index (κ3) is 6.39. The van der Waals surface area contributed by atoms with Gasteiger partial charge in [-0.05, 0) is 24.5 Å². The summed E-state index contributed by atoms with van der Waals surface area (Å²) in [5, 5.41) is -0.670. The van der Waals surface area contributed by atoms with Crippen molar-refractivity contribution in [2.24, 2.45) is 5.92 Å². The van der Waals surface area contributed by atoms with E-state index in [0.29, 0.717) is 6.42 Å². The average Bonchev–Trinajstić information content (AvgIpc) is 2.39. The Kier molecular flexibility index (Phi) is 8.19. The van der Waals surface area contributed by atoms with Crippen LogP contribution in [0.1, 0.15) is 33.1 Å². The number of esters is 1. The fourth-order valence-electron chi connectivity index (χ4n) is 1.68. The first kappa shape index (κ1) is 22.3. The Balaban J connectivity index is 4.55. The van der Waals surface area contributed by atoms with Crippen LogP contribution in [-0.2, 0) is 9.53 Å². The predicted molar refractivity (Wildman–Crippen MR) is 72.9 cm³/mol. The number of carbonyl (C=O) groups excluding carboxylic acids is 1. The van der Waals surface area contributed by atoms with Crippen LogP contribution in [-0.4, -0.2) is 42.1 Å². The van der Waals surface area contributed by atoms with Crippen molar-refractivity contribution >= 4 is 17.7 Å². The zero-order chi connectivity index (χ0) is 18.5. The number of methoxy groups -OCH3 is 1. The average molecular weight is 372 g/mol. The lowest BCUT2D eigenvalue weighted by atomic mass is 10.1. The van der Waals surface area contributed by atoms with Gasteiger partial charge in [-0.2, -0.15) is 30.7 Å². The van der Waals surface area contributed by atoms with Crippen molar-refractivity contribution in [2.75, 3.05) is 12.9 Å². The Hall–Kier alpha value is -0.670. The fraction of sp³-hybridized carbons (Fsp3) is 0.923. The molecule has 1 unspecified atom stereocenters. The molecule has 0 aromatic carbocycles. The third-order valence-corrected chi connectivity index (χ3v) is 4.23. The van der Waals surface area contributed by atoms with E-state index in [0.717, 1.165) is 18.9 Å². The molecule has 0 fully saturated rings. The zero-order valence-corrected chi connectivity index (χ0v) is 13.7. The zero-order valence-electron chi connectivity index (χ0n) is 12.9.